The fourth-order valence-corrected chi connectivity index (χ4v) is 3.64. The molecule has 0 N–H and O–H groups in total. The number of methoxy groups -OCH3 is 3. The molecule has 2 aromatic rings. The first kappa shape index (κ1) is 25.3. The van der Waals surface area contributed by atoms with Crippen LogP contribution in [0, 0.1) is 19.8 Å². The molecule has 0 unspecified atom stereocenters. The van der Waals surface area contributed by atoms with Crippen LogP contribution < -0.4 is 14.2 Å². The van der Waals surface area contributed by atoms with Gasteiger partial charge in [-0.1, -0.05) is 13.8 Å². The van der Waals surface area contributed by atoms with Crippen molar-refractivity contribution in [2.75, 3.05) is 27.9 Å². The van der Waals surface area contributed by atoms with Crippen LogP contribution >= 0.6 is 0 Å². The Hall–Kier alpha value is -2.96. The molecule has 0 aliphatic rings. The minimum Gasteiger partial charge on any atom is -0.493 e. The Morgan fingerprint density at radius 2 is 1.59 bits per heavy atom. The van der Waals surface area contributed by atoms with Crippen LogP contribution in [0.3, 0.4) is 0 Å². The molecular weight excluding hydrogens is 410 g/mol. The lowest BCUT2D eigenvalue weighted by molar-refractivity contribution is -0.142. The molecule has 7 nitrogen and oxygen atoms in total. The van der Waals surface area contributed by atoms with E-state index in [2.05, 4.69) is 18.4 Å². The van der Waals surface area contributed by atoms with Gasteiger partial charge in [-0.25, -0.2) is 0 Å². The van der Waals surface area contributed by atoms with Crippen molar-refractivity contribution in [3.05, 3.63) is 40.7 Å². The molecule has 0 atom stereocenters. The molecule has 1 heterocycles. The minimum absolute atomic E-state index is 0.138. The SMILES string of the molecule is COc1cc(CCC(=O)OCC(=O)c2cc(C)n(CCC(C)C)c2C)cc(OC)c1OC. The van der Waals surface area contributed by atoms with Gasteiger partial charge in [-0.05, 0) is 56.4 Å². The highest BCUT2D eigenvalue weighted by Gasteiger charge is 2.18. The Balaban J connectivity index is 1.95. The average molecular weight is 446 g/mol. The minimum atomic E-state index is -0.430. The number of Topliss-reactive ketones (excluding diaryl/α,β-unsaturated/α-hetero) is 1. The van der Waals surface area contributed by atoms with Crippen molar-refractivity contribution in [3.63, 3.8) is 0 Å². The fraction of sp³-hybridized carbons (Fsp3) is 0.520. The van der Waals surface area contributed by atoms with Gasteiger partial charge in [0.15, 0.2) is 18.1 Å². The second-order valence-electron chi connectivity index (χ2n) is 8.24. The number of aryl methyl sites for hydroxylation is 2. The molecule has 0 bridgehead atoms. The highest BCUT2D eigenvalue weighted by Crippen LogP contribution is 2.38. The molecule has 0 amide bonds. The molecule has 1 aromatic heterocycles. The standard InChI is InChI=1S/C25H35NO6/c1-16(2)10-11-26-17(3)12-20(18(26)4)21(27)15-32-24(28)9-8-19-13-22(29-5)25(31-7)23(14-19)30-6/h12-14,16H,8-11,15H2,1-7H3. The third-order valence-corrected chi connectivity index (χ3v) is 5.51. The molecule has 176 valence electrons. The maximum atomic E-state index is 12.6. The number of hydrogen-bond acceptors (Lipinski definition) is 6. The summed E-state index contributed by atoms with van der Waals surface area (Å²) >= 11 is 0. The van der Waals surface area contributed by atoms with Crippen molar-refractivity contribution in [2.24, 2.45) is 5.92 Å². The summed E-state index contributed by atoms with van der Waals surface area (Å²) in [6.07, 6.45) is 1.60. The van der Waals surface area contributed by atoms with E-state index < -0.39 is 5.97 Å². The van der Waals surface area contributed by atoms with E-state index in [1.54, 1.807) is 26.4 Å². The first-order chi connectivity index (χ1) is 15.2. The van der Waals surface area contributed by atoms with Gasteiger partial charge in [0.05, 0.1) is 21.3 Å². The monoisotopic (exact) mass is 445 g/mol. The Morgan fingerprint density at radius 1 is 0.969 bits per heavy atom. The molecule has 1 aromatic carbocycles. The molecule has 2 rings (SSSR count). The third-order valence-electron chi connectivity index (χ3n) is 5.51. The van der Waals surface area contributed by atoms with Crippen LogP contribution in [0.5, 0.6) is 17.2 Å². The zero-order valence-electron chi connectivity index (χ0n) is 20.2. The summed E-state index contributed by atoms with van der Waals surface area (Å²) in [6, 6.07) is 5.47. The van der Waals surface area contributed by atoms with Gasteiger partial charge in [0.2, 0.25) is 11.5 Å². The average Bonchev–Trinajstić information content (AvgIpc) is 3.06. The third kappa shape index (κ3) is 6.28. The summed E-state index contributed by atoms with van der Waals surface area (Å²) in [7, 11) is 4.62. The van der Waals surface area contributed by atoms with Crippen molar-refractivity contribution in [1.82, 2.24) is 4.57 Å². The van der Waals surface area contributed by atoms with Crippen LogP contribution in [-0.4, -0.2) is 44.3 Å². The predicted octanol–water partition coefficient (Wildman–Crippen LogP) is 4.54. The highest BCUT2D eigenvalue weighted by atomic mass is 16.5. The molecule has 0 radical (unpaired) electrons. The molecule has 0 spiro atoms. The van der Waals surface area contributed by atoms with Crippen LogP contribution in [0.4, 0.5) is 0 Å². The van der Waals surface area contributed by atoms with Crippen molar-refractivity contribution in [2.45, 2.75) is 53.5 Å². The zero-order valence-corrected chi connectivity index (χ0v) is 20.2. The molecular formula is C25H35NO6. The number of nitrogens with zero attached hydrogens (tertiary/aromatic N) is 1. The van der Waals surface area contributed by atoms with E-state index in [1.807, 2.05) is 19.9 Å². The van der Waals surface area contributed by atoms with Gasteiger partial charge in [0.1, 0.15) is 0 Å². The molecule has 0 aliphatic heterocycles. The highest BCUT2D eigenvalue weighted by molar-refractivity contribution is 5.99. The van der Waals surface area contributed by atoms with Gasteiger partial charge < -0.3 is 23.5 Å². The lowest BCUT2D eigenvalue weighted by Gasteiger charge is -2.14. The maximum Gasteiger partial charge on any atom is 0.306 e. The number of ether oxygens (including phenoxy) is 4. The normalized spacial score (nSPS) is 10.9. The Bertz CT molecular complexity index is 919. The number of esters is 1. The van der Waals surface area contributed by atoms with E-state index in [0.29, 0.717) is 35.2 Å². The lowest BCUT2D eigenvalue weighted by Crippen LogP contribution is -2.15. The van der Waals surface area contributed by atoms with E-state index in [0.717, 1.165) is 29.9 Å². The van der Waals surface area contributed by atoms with Crippen molar-refractivity contribution in [3.8, 4) is 17.2 Å². The summed E-state index contributed by atoms with van der Waals surface area (Å²) in [5.74, 6) is 1.52. The zero-order chi connectivity index (χ0) is 23.8. The van der Waals surface area contributed by atoms with Gasteiger partial charge in [-0.3, -0.25) is 9.59 Å². The summed E-state index contributed by atoms with van der Waals surface area (Å²) in [4.78, 5) is 24.9. The largest absolute Gasteiger partial charge is 0.493 e. The Morgan fingerprint density at radius 3 is 2.12 bits per heavy atom. The first-order valence-electron chi connectivity index (χ1n) is 10.9. The van der Waals surface area contributed by atoms with Gasteiger partial charge in [0.25, 0.3) is 0 Å². The molecule has 0 saturated carbocycles. The van der Waals surface area contributed by atoms with Crippen LogP contribution in [0.1, 0.15) is 54.0 Å². The van der Waals surface area contributed by atoms with Crippen molar-refractivity contribution < 1.29 is 28.5 Å². The van der Waals surface area contributed by atoms with E-state index in [9.17, 15) is 9.59 Å². The Labute approximate surface area is 190 Å². The first-order valence-corrected chi connectivity index (χ1v) is 10.9. The van der Waals surface area contributed by atoms with Crippen molar-refractivity contribution in [1.29, 1.82) is 0 Å². The second-order valence-corrected chi connectivity index (χ2v) is 8.24. The predicted molar refractivity (Wildman–Crippen MR) is 123 cm³/mol. The van der Waals surface area contributed by atoms with Gasteiger partial charge in [-0.2, -0.15) is 0 Å². The quantitative estimate of drug-likeness (QED) is 0.353. The molecule has 0 aliphatic carbocycles. The van der Waals surface area contributed by atoms with Crippen LogP contribution in [0.15, 0.2) is 18.2 Å². The smallest absolute Gasteiger partial charge is 0.306 e. The van der Waals surface area contributed by atoms with Crippen LogP contribution in [-0.2, 0) is 22.5 Å². The van der Waals surface area contributed by atoms with Gasteiger partial charge in [-0.15, -0.1) is 0 Å². The molecule has 0 saturated heterocycles. The topological polar surface area (TPSA) is 76.0 Å². The lowest BCUT2D eigenvalue weighted by atomic mass is 10.1. The molecule has 7 heteroatoms. The number of carbonyl (C=O) groups is 2. The Kier molecular flexibility index (Phi) is 9.17. The number of hydrogen-bond donors (Lipinski definition) is 0. The number of ketones is 1. The molecule has 32 heavy (non-hydrogen) atoms. The summed E-state index contributed by atoms with van der Waals surface area (Å²) in [5, 5.41) is 0. The van der Waals surface area contributed by atoms with E-state index in [4.69, 9.17) is 18.9 Å². The number of aromatic nitrogens is 1. The van der Waals surface area contributed by atoms with Crippen LogP contribution in [0.2, 0.25) is 0 Å². The summed E-state index contributed by atoms with van der Waals surface area (Å²) < 4.78 is 23.4. The van der Waals surface area contributed by atoms with Crippen molar-refractivity contribution >= 4 is 11.8 Å². The summed E-state index contributed by atoms with van der Waals surface area (Å²) in [6.45, 7) is 8.90. The fourth-order valence-electron chi connectivity index (χ4n) is 3.64. The number of carbonyl (C=O) groups excluding carboxylic acids is 2. The number of rotatable bonds is 12. The van der Waals surface area contributed by atoms with Gasteiger partial charge in [0, 0.05) is 29.9 Å². The van der Waals surface area contributed by atoms with Gasteiger partial charge >= 0.3 is 5.97 Å². The number of benzene rings is 1. The van der Waals surface area contributed by atoms with E-state index >= 15 is 0 Å². The van der Waals surface area contributed by atoms with E-state index in [1.165, 1.54) is 7.11 Å². The second kappa shape index (κ2) is 11.6. The van der Waals surface area contributed by atoms with E-state index in [-0.39, 0.29) is 18.8 Å². The van der Waals surface area contributed by atoms with Crippen LogP contribution in [0.25, 0.3) is 0 Å². The maximum absolute atomic E-state index is 12.6. The molecule has 0 fully saturated rings. The summed E-state index contributed by atoms with van der Waals surface area (Å²) in [5.41, 5.74) is 3.42.